The zero-order valence-corrected chi connectivity index (χ0v) is 15.6. The second-order valence-electron chi connectivity index (χ2n) is 6.56. The first kappa shape index (κ1) is 17.9. The first-order valence-corrected chi connectivity index (χ1v) is 9.11. The Bertz CT molecular complexity index is 959. The molecule has 0 atom stereocenters. The van der Waals surface area contributed by atoms with E-state index in [0.717, 1.165) is 12.4 Å². The Morgan fingerprint density at radius 2 is 1.82 bits per heavy atom. The van der Waals surface area contributed by atoms with Crippen molar-refractivity contribution >= 4 is 17.4 Å². The van der Waals surface area contributed by atoms with Gasteiger partial charge < -0.3 is 19.7 Å². The van der Waals surface area contributed by atoms with Crippen LogP contribution in [-0.4, -0.2) is 31.2 Å². The molecule has 2 heterocycles. The van der Waals surface area contributed by atoms with Crippen molar-refractivity contribution < 1.29 is 14.3 Å². The second-order valence-corrected chi connectivity index (χ2v) is 6.56. The molecule has 0 fully saturated rings. The van der Waals surface area contributed by atoms with Gasteiger partial charge in [-0.15, -0.1) is 0 Å². The fraction of sp³-hybridized carbons (Fsp3) is 0.182. The molecule has 2 aromatic carbocycles. The molecule has 0 radical (unpaired) electrons. The van der Waals surface area contributed by atoms with Gasteiger partial charge >= 0.3 is 0 Å². The van der Waals surface area contributed by atoms with Crippen molar-refractivity contribution in [1.29, 1.82) is 0 Å². The number of aromatic nitrogens is 1. The molecule has 0 unspecified atom stereocenters. The number of hydrogen-bond donors (Lipinski definition) is 1. The molecule has 6 nitrogen and oxygen atoms in total. The van der Waals surface area contributed by atoms with Gasteiger partial charge in [-0.1, -0.05) is 30.3 Å². The Balaban J connectivity index is 1.41. The molecular formula is C22H21N3O3. The van der Waals surface area contributed by atoms with Crippen LogP contribution in [0.15, 0.2) is 66.9 Å². The third kappa shape index (κ3) is 4.06. The number of fused-ring (bicyclic) bond motifs is 1. The third-order valence-electron chi connectivity index (χ3n) is 4.46. The quantitative estimate of drug-likeness (QED) is 0.736. The number of rotatable bonds is 5. The number of pyridine rings is 1. The van der Waals surface area contributed by atoms with E-state index in [-0.39, 0.29) is 5.91 Å². The predicted octanol–water partition coefficient (Wildman–Crippen LogP) is 3.74. The zero-order chi connectivity index (χ0) is 19.3. The highest BCUT2D eigenvalue weighted by Crippen LogP contribution is 2.32. The summed E-state index contributed by atoms with van der Waals surface area (Å²) in [5.41, 5.74) is 2.35. The van der Waals surface area contributed by atoms with E-state index in [1.165, 1.54) is 5.56 Å². The summed E-state index contributed by atoms with van der Waals surface area (Å²) in [5, 5.41) is 2.87. The van der Waals surface area contributed by atoms with Gasteiger partial charge in [0.2, 0.25) is 0 Å². The number of carbonyl (C=O) groups excluding carboxylic acids is 1. The van der Waals surface area contributed by atoms with E-state index < -0.39 is 0 Å². The van der Waals surface area contributed by atoms with Gasteiger partial charge in [-0.05, 0) is 29.8 Å². The lowest BCUT2D eigenvalue weighted by molar-refractivity contribution is 0.102. The molecule has 0 spiro atoms. The van der Waals surface area contributed by atoms with E-state index in [9.17, 15) is 4.79 Å². The van der Waals surface area contributed by atoms with Crippen LogP contribution in [0.2, 0.25) is 0 Å². The summed E-state index contributed by atoms with van der Waals surface area (Å²) in [6.45, 7) is 1.79. The lowest BCUT2D eigenvalue weighted by Gasteiger charge is -2.19. The van der Waals surface area contributed by atoms with Gasteiger partial charge in [0.15, 0.2) is 11.5 Å². The minimum Gasteiger partial charge on any atom is -0.486 e. The molecule has 1 aliphatic rings. The molecule has 142 valence electrons. The SMILES string of the molecule is CN(Cc1ccccc1)c1ccc(C(=O)Nc2ccc3c(c2)OCCO3)cn1. The Kier molecular flexibility index (Phi) is 5.10. The summed E-state index contributed by atoms with van der Waals surface area (Å²) >= 11 is 0. The van der Waals surface area contributed by atoms with Gasteiger partial charge in [-0.3, -0.25) is 4.79 Å². The van der Waals surface area contributed by atoms with Crippen molar-refractivity contribution in [2.24, 2.45) is 0 Å². The van der Waals surface area contributed by atoms with Gasteiger partial charge in [-0.2, -0.15) is 0 Å². The zero-order valence-electron chi connectivity index (χ0n) is 15.6. The fourth-order valence-electron chi connectivity index (χ4n) is 3.01. The van der Waals surface area contributed by atoms with Crippen LogP contribution < -0.4 is 19.7 Å². The van der Waals surface area contributed by atoms with Crippen LogP contribution in [0.25, 0.3) is 0 Å². The van der Waals surface area contributed by atoms with E-state index in [1.54, 1.807) is 30.5 Å². The summed E-state index contributed by atoms with van der Waals surface area (Å²) < 4.78 is 11.0. The Labute approximate surface area is 163 Å². The van der Waals surface area contributed by atoms with Gasteiger partial charge in [0.05, 0.1) is 5.56 Å². The number of ether oxygens (including phenoxy) is 2. The summed E-state index contributed by atoms with van der Waals surface area (Å²) in [5.74, 6) is 1.91. The van der Waals surface area contributed by atoms with Crippen molar-refractivity contribution in [3.63, 3.8) is 0 Å². The summed E-state index contributed by atoms with van der Waals surface area (Å²) in [6.07, 6.45) is 1.59. The maximum atomic E-state index is 12.5. The van der Waals surface area contributed by atoms with Crippen molar-refractivity contribution in [2.45, 2.75) is 6.54 Å². The average Bonchev–Trinajstić information content (AvgIpc) is 2.74. The van der Waals surface area contributed by atoms with E-state index in [0.29, 0.717) is 36.0 Å². The predicted molar refractivity (Wildman–Crippen MR) is 108 cm³/mol. The molecule has 1 aromatic heterocycles. The lowest BCUT2D eigenvalue weighted by Crippen LogP contribution is -2.18. The number of nitrogens with one attached hydrogen (secondary N) is 1. The molecule has 1 amide bonds. The number of amides is 1. The van der Waals surface area contributed by atoms with E-state index in [1.807, 2.05) is 36.2 Å². The smallest absolute Gasteiger partial charge is 0.257 e. The van der Waals surface area contributed by atoms with E-state index >= 15 is 0 Å². The molecule has 1 aliphatic heterocycles. The Hall–Kier alpha value is -3.54. The molecular weight excluding hydrogens is 354 g/mol. The van der Waals surface area contributed by atoms with Crippen LogP contribution in [0.5, 0.6) is 11.5 Å². The number of benzene rings is 2. The molecule has 1 N–H and O–H groups in total. The summed E-state index contributed by atoms with van der Waals surface area (Å²) in [7, 11) is 1.98. The molecule has 0 aliphatic carbocycles. The van der Waals surface area contributed by atoms with Crippen LogP contribution in [-0.2, 0) is 6.54 Å². The van der Waals surface area contributed by atoms with Gasteiger partial charge in [0.25, 0.3) is 5.91 Å². The maximum absolute atomic E-state index is 12.5. The Morgan fingerprint density at radius 3 is 2.57 bits per heavy atom. The molecule has 6 heteroatoms. The first-order valence-electron chi connectivity index (χ1n) is 9.11. The minimum absolute atomic E-state index is 0.221. The number of nitrogens with zero attached hydrogens (tertiary/aromatic N) is 2. The van der Waals surface area contributed by atoms with Gasteiger partial charge in [0, 0.05) is 31.5 Å². The number of anilines is 2. The highest BCUT2D eigenvalue weighted by Gasteiger charge is 2.14. The van der Waals surface area contributed by atoms with E-state index in [4.69, 9.17) is 9.47 Å². The summed E-state index contributed by atoms with van der Waals surface area (Å²) in [4.78, 5) is 19.0. The van der Waals surface area contributed by atoms with Crippen molar-refractivity contribution in [3.8, 4) is 11.5 Å². The van der Waals surface area contributed by atoms with Gasteiger partial charge in [0.1, 0.15) is 19.0 Å². The minimum atomic E-state index is -0.221. The van der Waals surface area contributed by atoms with Crippen LogP contribution in [0.4, 0.5) is 11.5 Å². The van der Waals surface area contributed by atoms with Crippen molar-refractivity contribution in [2.75, 3.05) is 30.5 Å². The fourth-order valence-corrected chi connectivity index (χ4v) is 3.01. The monoisotopic (exact) mass is 375 g/mol. The normalized spacial score (nSPS) is 12.3. The van der Waals surface area contributed by atoms with Crippen LogP contribution in [0, 0.1) is 0 Å². The highest BCUT2D eigenvalue weighted by atomic mass is 16.6. The van der Waals surface area contributed by atoms with Crippen LogP contribution >= 0.6 is 0 Å². The lowest BCUT2D eigenvalue weighted by atomic mass is 10.2. The average molecular weight is 375 g/mol. The molecule has 4 rings (SSSR count). The molecule has 0 bridgehead atoms. The number of hydrogen-bond acceptors (Lipinski definition) is 5. The molecule has 28 heavy (non-hydrogen) atoms. The van der Waals surface area contributed by atoms with Crippen LogP contribution in [0.1, 0.15) is 15.9 Å². The van der Waals surface area contributed by atoms with Gasteiger partial charge in [-0.25, -0.2) is 4.98 Å². The maximum Gasteiger partial charge on any atom is 0.257 e. The van der Waals surface area contributed by atoms with Crippen LogP contribution in [0.3, 0.4) is 0 Å². The Morgan fingerprint density at radius 1 is 1.04 bits per heavy atom. The van der Waals surface area contributed by atoms with E-state index in [2.05, 4.69) is 22.4 Å². The van der Waals surface area contributed by atoms with Crippen molar-refractivity contribution in [1.82, 2.24) is 4.98 Å². The number of carbonyl (C=O) groups is 1. The third-order valence-corrected chi connectivity index (χ3v) is 4.46. The highest BCUT2D eigenvalue weighted by molar-refractivity contribution is 6.04. The molecule has 3 aromatic rings. The second kappa shape index (κ2) is 8.00. The largest absolute Gasteiger partial charge is 0.486 e. The van der Waals surface area contributed by atoms with Crippen molar-refractivity contribution in [3.05, 3.63) is 78.0 Å². The summed E-state index contributed by atoms with van der Waals surface area (Å²) in [6, 6.07) is 19.2. The topological polar surface area (TPSA) is 63.7 Å². The molecule has 0 saturated carbocycles. The molecule has 0 saturated heterocycles. The standard InChI is InChI=1S/C22H21N3O3/c1-25(15-16-5-3-2-4-6-16)21-10-7-17(14-23-21)22(26)24-18-8-9-19-20(13-18)28-12-11-27-19/h2-10,13-14H,11-12,15H2,1H3,(H,24,26). The first-order chi connectivity index (χ1) is 13.7.